The molecule has 12 heteroatoms. The van der Waals surface area contributed by atoms with E-state index in [-0.39, 0.29) is 42.6 Å². The number of benzene rings is 2. The van der Waals surface area contributed by atoms with Crippen LogP contribution >= 0.6 is 11.3 Å². The lowest BCUT2D eigenvalue weighted by atomic mass is 9.96. The maximum absolute atomic E-state index is 16.1. The number of nitrogens with zero attached hydrogens (tertiary/aromatic N) is 5. The minimum atomic E-state index is -0.781. The molecule has 0 spiro atoms. The van der Waals surface area contributed by atoms with Gasteiger partial charge >= 0.3 is 0 Å². The van der Waals surface area contributed by atoms with Crippen LogP contribution in [-0.4, -0.2) is 83.6 Å². The van der Waals surface area contributed by atoms with E-state index in [4.69, 9.17) is 24.3 Å². The molecule has 2 aliphatic rings. The summed E-state index contributed by atoms with van der Waals surface area (Å²) in [5, 5.41) is 7.67. The minimum Gasteiger partial charge on any atom is -0.490 e. The third kappa shape index (κ3) is 5.84. The predicted octanol–water partition coefficient (Wildman–Crippen LogP) is 6.58. The molecule has 248 valence electrons. The second-order valence-electron chi connectivity index (χ2n) is 12.0. The van der Waals surface area contributed by atoms with Crippen molar-refractivity contribution in [1.82, 2.24) is 24.6 Å². The number of carbonyl (C=O) groups is 1. The van der Waals surface area contributed by atoms with Gasteiger partial charge in [-0.1, -0.05) is 6.58 Å². The Morgan fingerprint density at radius 3 is 2.58 bits per heavy atom. The monoisotopic (exact) mass is 671 g/mol. The number of likely N-dealkylation sites (tertiary alicyclic amines) is 1. The predicted molar refractivity (Wildman–Crippen MR) is 181 cm³/mol. The number of pyridine rings is 1. The lowest BCUT2D eigenvalue weighted by Gasteiger charge is -2.36. The van der Waals surface area contributed by atoms with Gasteiger partial charge in [-0.2, -0.15) is 5.10 Å². The molecule has 1 atom stereocenters. The van der Waals surface area contributed by atoms with Crippen molar-refractivity contribution in [2.45, 2.75) is 25.6 Å². The van der Waals surface area contributed by atoms with Gasteiger partial charge in [-0.15, -0.1) is 11.3 Å². The lowest BCUT2D eigenvalue weighted by molar-refractivity contribution is -0.129. The standard InChI is InChI=1S/C36H35F2N5O4S/c1-5-31(44)42-11-12-43-29(21(42)2)18-28(40-43)35-33(32-27(38)16-23(37)17-30(32)46-14-13-45-4)36-26(10-15-48-36)34(39-35)22-6-8-24(9-7-22)47-25-19-41(3)20-25/h5-10,15-18,21,25H,1,11-14,19-20H2,2-4H3. The molecule has 2 aliphatic heterocycles. The quantitative estimate of drug-likeness (QED) is 0.123. The van der Waals surface area contributed by atoms with Crippen LogP contribution in [0.3, 0.4) is 0 Å². The number of aromatic nitrogens is 3. The fourth-order valence-electron chi connectivity index (χ4n) is 6.44. The second-order valence-corrected chi connectivity index (χ2v) is 12.9. The van der Waals surface area contributed by atoms with E-state index >= 15 is 4.39 Å². The molecule has 1 saturated heterocycles. The van der Waals surface area contributed by atoms with E-state index in [1.54, 1.807) is 4.90 Å². The molecule has 0 aliphatic carbocycles. The molecule has 5 aromatic rings. The Balaban J connectivity index is 1.41. The Morgan fingerprint density at radius 2 is 1.85 bits per heavy atom. The highest BCUT2D eigenvalue weighted by Gasteiger charge is 2.31. The van der Waals surface area contributed by atoms with Gasteiger partial charge in [0.1, 0.15) is 47.2 Å². The molecule has 0 N–H and O–H groups in total. The molecule has 5 heterocycles. The summed E-state index contributed by atoms with van der Waals surface area (Å²) in [6.45, 7) is 8.61. The summed E-state index contributed by atoms with van der Waals surface area (Å²) in [6, 6.07) is 13.4. The summed E-state index contributed by atoms with van der Waals surface area (Å²) < 4.78 is 50.5. The molecule has 1 amide bonds. The molecule has 0 bridgehead atoms. The van der Waals surface area contributed by atoms with Crippen molar-refractivity contribution in [3.63, 3.8) is 0 Å². The van der Waals surface area contributed by atoms with Crippen molar-refractivity contribution in [2.24, 2.45) is 0 Å². The van der Waals surface area contributed by atoms with Crippen LogP contribution in [0.4, 0.5) is 8.78 Å². The average molecular weight is 672 g/mol. The van der Waals surface area contributed by atoms with Crippen LogP contribution in [0, 0.1) is 11.6 Å². The van der Waals surface area contributed by atoms with Crippen LogP contribution in [-0.2, 0) is 16.1 Å². The summed E-state index contributed by atoms with van der Waals surface area (Å²) in [5.41, 5.74) is 3.79. The van der Waals surface area contributed by atoms with Gasteiger partial charge < -0.3 is 19.1 Å². The Labute approximate surface area is 281 Å². The van der Waals surface area contributed by atoms with Crippen molar-refractivity contribution >= 4 is 27.3 Å². The van der Waals surface area contributed by atoms with E-state index < -0.39 is 11.6 Å². The van der Waals surface area contributed by atoms with Crippen molar-refractivity contribution < 1.29 is 27.8 Å². The summed E-state index contributed by atoms with van der Waals surface area (Å²) in [6.07, 6.45) is 1.47. The third-order valence-corrected chi connectivity index (χ3v) is 9.77. The van der Waals surface area contributed by atoms with Gasteiger partial charge in [0.15, 0.2) is 0 Å². The first-order chi connectivity index (χ1) is 23.2. The Hall–Kier alpha value is -4.65. The smallest absolute Gasteiger partial charge is 0.246 e. The van der Waals surface area contributed by atoms with Crippen LogP contribution in [0.2, 0.25) is 0 Å². The fourth-order valence-corrected chi connectivity index (χ4v) is 7.39. The first-order valence-corrected chi connectivity index (χ1v) is 16.6. The number of likely N-dealkylation sites (N-methyl/N-ethyl adjacent to an activating group) is 1. The maximum atomic E-state index is 16.1. The molecule has 1 fully saturated rings. The number of hydrogen-bond acceptors (Lipinski definition) is 8. The molecule has 1 unspecified atom stereocenters. The first kappa shape index (κ1) is 31.9. The van der Waals surface area contributed by atoms with Crippen LogP contribution in [0.15, 0.2) is 66.6 Å². The molecule has 9 nitrogen and oxygen atoms in total. The Bertz CT molecular complexity index is 2000. The highest BCUT2D eigenvalue weighted by Crippen LogP contribution is 2.47. The maximum Gasteiger partial charge on any atom is 0.246 e. The number of thiophene rings is 1. The van der Waals surface area contributed by atoms with Crippen molar-refractivity contribution in [3.8, 4) is 45.3 Å². The molecule has 0 saturated carbocycles. The fraction of sp³-hybridized carbons (Fsp3) is 0.306. The van der Waals surface area contributed by atoms with Crippen LogP contribution < -0.4 is 9.47 Å². The van der Waals surface area contributed by atoms with Gasteiger partial charge in [0.2, 0.25) is 5.91 Å². The average Bonchev–Trinajstić information content (AvgIpc) is 3.73. The molecule has 3 aromatic heterocycles. The van der Waals surface area contributed by atoms with Crippen LogP contribution in [0.25, 0.3) is 43.9 Å². The van der Waals surface area contributed by atoms with Crippen LogP contribution in [0.5, 0.6) is 11.5 Å². The van der Waals surface area contributed by atoms with Crippen molar-refractivity contribution in [3.05, 3.63) is 83.9 Å². The Kier molecular flexibility index (Phi) is 8.71. The summed E-state index contributed by atoms with van der Waals surface area (Å²) in [4.78, 5) is 21.7. The summed E-state index contributed by atoms with van der Waals surface area (Å²) in [5.74, 6) is -0.891. The number of amides is 1. The van der Waals surface area contributed by atoms with E-state index in [1.807, 2.05) is 53.4 Å². The number of rotatable bonds is 10. The van der Waals surface area contributed by atoms with E-state index in [0.717, 1.165) is 46.2 Å². The number of hydrogen-bond donors (Lipinski definition) is 0. The highest BCUT2D eigenvalue weighted by molar-refractivity contribution is 7.18. The van der Waals surface area contributed by atoms with E-state index in [9.17, 15) is 9.18 Å². The van der Waals surface area contributed by atoms with Gasteiger partial charge in [-0.25, -0.2) is 13.8 Å². The molecule has 2 aromatic carbocycles. The summed E-state index contributed by atoms with van der Waals surface area (Å²) in [7, 11) is 3.59. The molecule has 0 radical (unpaired) electrons. The van der Waals surface area contributed by atoms with E-state index in [2.05, 4.69) is 18.5 Å². The van der Waals surface area contributed by atoms with Gasteiger partial charge in [-0.3, -0.25) is 14.4 Å². The number of halogens is 2. The molecule has 7 rings (SSSR count). The largest absolute Gasteiger partial charge is 0.490 e. The molecular formula is C36H35F2N5O4S. The molecule has 48 heavy (non-hydrogen) atoms. The zero-order chi connectivity index (χ0) is 33.5. The van der Waals surface area contributed by atoms with Gasteiger partial charge in [-0.05, 0) is 61.8 Å². The first-order valence-electron chi connectivity index (χ1n) is 15.7. The molecular weight excluding hydrogens is 636 g/mol. The normalized spacial score (nSPS) is 16.5. The number of methoxy groups -OCH3 is 1. The topological polar surface area (TPSA) is 82.0 Å². The Morgan fingerprint density at radius 1 is 1.06 bits per heavy atom. The van der Waals surface area contributed by atoms with Gasteiger partial charge in [0.05, 0.1) is 36.1 Å². The van der Waals surface area contributed by atoms with Crippen LogP contribution in [0.1, 0.15) is 18.7 Å². The van der Waals surface area contributed by atoms with Gasteiger partial charge in [0.25, 0.3) is 0 Å². The number of ether oxygens (including phenoxy) is 3. The third-order valence-electron chi connectivity index (χ3n) is 8.84. The van der Waals surface area contributed by atoms with E-state index in [1.165, 1.54) is 30.6 Å². The number of fused-ring (bicyclic) bond motifs is 2. The van der Waals surface area contributed by atoms with Gasteiger partial charge in [0, 0.05) is 60.1 Å². The number of carbonyl (C=O) groups excluding carboxylic acids is 1. The van der Waals surface area contributed by atoms with Crippen molar-refractivity contribution in [1.29, 1.82) is 0 Å². The zero-order valence-corrected chi connectivity index (χ0v) is 27.7. The zero-order valence-electron chi connectivity index (χ0n) is 26.9. The summed E-state index contributed by atoms with van der Waals surface area (Å²) >= 11 is 1.43. The highest BCUT2D eigenvalue weighted by atomic mass is 32.1. The lowest BCUT2D eigenvalue weighted by Crippen LogP contribution is -2.51. The van der Waals surface area contributed by atoms with Crippen molar-refractivity contribution in [2.75, 3.05) is 47.0 Å². The van der Waals surface area contributed by atoms with E-state index in [0.29, 0.717) is 35.7 Å². The minimum absolute atomic E-state index is 0.0401. The SMILES string of the molecule is C=CC(=O)N1CCn2nc(-c3nc(-c4ccc(OC5CN(C)C5)cc4)c4ccsc4c3-c3c(F)cc(F)cc3OCCOC)cc2C1C. The second kappa shape index (κ2) is 13.1.